The topological polar surface area (TPSA) is 98.8 Å². The van der Waals surface area contributed by atoms with E-state index in [-0.39, 0.29) is 5.69 Å². The Balaban J connectivity index is 1.85. The second kappa shape index (κ2) is 5.01. The predicted molar refractivity (Wildman–Crippen MR) is 59.4 cm³/mol. The molecule has 0 aliphatic carbocycles. The molecule has 17 heavy (non-hydrogen) atoms. The van der Waals surface area contributed by atoms with Gasteiger partial charge < -0.3 is 5.32 Å². The molecule has 0 spiro atoms. The van der Waals surface area contributed by atoms with Gasteiger partial charge in [-0.15, -0.1) is 0 Å². The lowest BCUT2D eigenvalue weighted by atomic mass is 10.5. The van der Waals surface area contributed by atoms with Crippen molar-refractivity contribution in [3.8, 4) is 0 Å². The van der Waals surface area contributed by atoms with Crippen molar-refractivity contribution in [1.29, 1.82) is 0 Å². The summed E-state index contributed by atoms with van der Waals surface area (Å²) in [6.45, 7) is 1.27. The van der Waals surface area contributed by atoms with Crippen molar-refractivity contribution < 1.29 is 4.92 Å². The minimum Gasteiger partial charge on any atom is -0.352 e. The highest BCUT2D eigenvalue weighted by Crippen LogP contribution is 2.07. The van der Waals surface area contributed by atoms with Gasteiger partial charge in [0.15, 0.2) is 0 Å². The average molecular weight is 234 g/mol. The molecule has 0 aliphatic heterocycles. The van der Waals surface area contributed by atoms with Gasteiger partial charge in [-0.1, -0.05) is 0 Å². The van der Waals surface area contributed by atoms with Gasteiger partial charge >= 0.3 is 5.69 Å². The predicted octanol–water partition coefficient (Wildman–Crippen LogP) is 0.693. The standard InChI is InChI=1S/C9H10N6O2/c16-15(17)8-6-11-9(12-7-8)10-3-5-14-4-1-2-13-14/h1-2,4,6-7H,3,5H2,(H,10,11,12). The molecule has 0 unspecified atom stereocenters. The molecule has 0 aliphatic rings. The summed E-state index contributed by atoms with van der Waals surface area (Å²) in [5.41, 5.74) is -0.123. The fourth-order valence-electron chi connectivity index (χ4n) is 1.22. The van der Waals surface area contributed by atoms with Gasteiger partial charge in [0.05, 0.1) is 11.5 Å². The molecular weight excluding hydrogens is 224 g/mol. The van der Waals surface area contributed by atoms with Crippen LogP contribution in [-0.4, -0.2) is 31.2 Å². The van der Waals surface area contributed by atoms with Crippen molar-refractivity contribution in [2.75, 3.05) is 11.9 Å². The summed E-state index contributed by atoms with van der Waals surface area (Å²) < 4.78 is 1.76. The Labute approximate surface area is 96.5 Å². The van der Waals surface area contributed by atoms with Crippen molar-refractivity contribution >= 4 is 11.6 Å². The van der Waals surface area contributed by atoms with Crippen molar-refractivity contribution in [1.82, 2.24) is 19.7 Å². The lowest BCUT2D eigenvalue weighted by molar-refractivity contribution is -0.385. The van der Waals surface area contributed by atoms with E-state index in [1.807, 2.05) is 12.3 Å². The minimum absolute atomic E-state index is 0.123. The van der Waals surface area contributed by atoms with Gasteiger partial charge in [-0.2, -0.15) is 5.10 Å². The Hall–Kier alpha value is -2.51. The van der Waals surface area contributed by atoms with Crippen LogP contribution in [0.1, 0.15) is 0 Å². The Morgan fingerprint density at radius 3 is 2.76 bits per heavy atom. The van der Waals surface area contributed by atoms with Crippen LogP contribution in [0.15, 0.2) is 30.9 Å². The Kier molecular flexibility index (Phi) is 3.24. The average Bonchev–Trinajstić information content (AvgIpc) is 2.83. The zero-order valence-corrected chi connectivity index (χ0v) is 8.85. The van der Waals surface area contributed by atoms with Crippen molar-refractivity contribution in [3.63, 3.8) is 0 Å². The van der Waals surface area contributed by atoms with Crippen LogP contribution in [0.4, 0.5) is 11.6 Å². The fourth-order valence-corrected chi connectivity index (χ4v) is 1.22. The van der Waals surface area contributed by atoms with Crippen LogP contribution in [0.5, 0.6) is 0 Å². The van der Waals surface area contributed by atoms with Crippen LogP contribution in [0.3, 0.4) is 0 Å². The smallest absolute Gasteiger partial charge is 0.305 e. The molecule has 0 amide bonds. The van der Waals surface area contributed by atoms with E-state index in [1.54, 1.807) is 10.9 Å². The first kappa shape index (κ1) is 11.0. The summed E-state index contributed by atoms with van der Waals surface area (Å²) in [4.78, 5) is 17.5. The van der Waals surface area contributed by atoms with Gasteiger partial charge in [-0.25, -0.2) is 9.97 Å². The molecule has 0 bridgehead atoms. The zero-order valence-electron chi connectivity index (χ0n) is 8.85. The maximum atomic E-state index is 10.4. The van der Waals surface area contributed by atoms with Crippen LogP contribution >= 0.6 is 0 Å². The van der Waals surface area contributed by atoms with E-state index in [0.717, 1.165) is 0 Å². The van der Waals surface area contributed by atoms with Gasteiger partial charge in [0.25, 0.3) is 0 Å². The molecule has 0 atom stereocenters. The van der Waals surface area contributed by atoms with Gasteiger partial charge in [0.2, 0.25) is 5.95 Å². The third kappa shape index (κ3) is 2.97. The summed E-state index contributed by atoms with van der Waals surface area (Å²) >= 11 is 0. The van der Waals surface area contributed by atoms with Gasteiger partial charge in [0.1, 0.15) is 12.4 Å². The molecule has 1 N–H and O–H groups in total. The number of rotatable bonds is 5. The zero-order chi connectivity index (χ0) is 12.1. The van der Waals surface area contributed by atoms with Crippen molar-refractivity contribution in [2.24, 2.45) is 0 Å². The minimum atomic E-state index is -0.534. The number of nitrogens with one attached hydrogen (secondary N) is 1. The highest BCUT2D eigenvalue weighted by atomic mass is 16.6. The normalized spacial score (nSPS) is 10.1. The molecule has 2 rings (SSSR count). The van der Waals surface area contributed by atoms with E-state index in [4.69, 9.17) is 0 Å². The summed E-state index contributed by atoms with van der Waals surface area (Å²) in [5.74, 6) is 0.364. The number of nitro groups is 1. The van der Waals surface area contributed by atoms with Crippen LogP contribution in [0.25, 0.3) is 0 Å². The number of hydrogen-bond donors (Lipinski definition) is 1. The number of hydrogen-bond acceptors (Lipinski definition) is 6. The number of anilines is 1. The first-order chi connectivity index (χ1) is 8.25. The molecular formula is C9H10N6O2. The molecule has 2 aromatic heterocycles. The molecule has 2 aromatic rings. The number of nitrogens with zero attached hydrogens (tertiary/aromatic N) is 5. The van der Waals surface area contributed by atoms with E-state index in [2.05, 4.69) is 20.4 Å². The molecule has 0 saturated carbocycles. The lowest BCUT2D eigenvalue weighted by Gasteiger charge is -2.03. The first-order valence-electron chi connectivity index (χ1n) is 4.93. The van der Waals surface area contributed by atoms with E-state index < -0.39 is 4.92 Å². The molecule has 2 heterocycles. The molecule has 88 valence electrons. The van der Waals surface area contributed by atoms with E-state index in [1.165, 1.54) is 12.4 Å². The van der Waals surface area contributed by atoms with Gasteiger partial charge in [0, 0.05) is 18.9 Å². The lowest BCUT2D eigenvalue weighted by Crippen LogP contribution is -2.12. The maximum Gasteiger partial charge on any atom is 0.305 e. The van der Waals surface area contributed by atoms with Gasteiger partial charge in [-0.05, 0) is 6.07 Å². The van der Waals surface area contributed by atoms with Crippen molar-refractivity contribution in [2.45, 2.75) is 6.54 Å². The highest BCUT2D eigenvalue weighted by Gasteiger charge is 2.05. The van der Waals surface area contributed by atoms with Crippen molar-refractivity contribution in [3.05, 3.63) is 41.0 Å². The molecule has 0 radical (unpaired) electrons. The molecule has 8 heteroatoms. The second-order valence-corrected chi connectivity index (χ2v) is 3.22. The summed E-state index contributed by atoms with van der Waals surface area (Å²) in [6.07, 6.45) is 5.88. The van der Waals surface area contributed by atoms with Crippen LogP contribution in [-0.2, 0) is 6.54 Å². The molecule has 0 saturated heterocycles. The Morgan fingerprint density at radius 1 is 1.41 bits per heavy atom. The van der Waals surface area contributed by atoms with Crippen LogP contribution < -0.4 is 5.32 Å². The van der Waals surface area contributed by atoms with Crippen LogP contribution in [0.2, 0.25) is 0 Å². The number of aromatic nitrogens is 4. The molecule has 8 nitrogen and oxygen atoms in total. The van der Waals surface area contributed by atoms with Crippen LogP contribution in [0, 0.1) is 10.1 Å². The van der Waals surface area contributed by atoms with E-state index in [9.17, 15) is 10.1 Å². The third-order valence-electron chi connectivity index (χ3n) is 2.03. The third-order valence-corrected chi connectivity index (χ3v) is 2.03. The summed E-state index contributed by atoms with van der Waals surface area (Å²) in [6, 6.07) is 1.84. The van der Waals surface area contributed by atoms with Gasteiger partial charge in [-0.3, -0.25) is 14.8 Å². The molecule has 0 aromatic carbocycles. The van der Waals surface area contributed by atoms with E-state index >= 15 is 0 Å². The maximum absolute atomic E-state index is 10.4. The fraction of sp³-hybridized carbons (Fsp3) is 0.222. The molecule has 0 fully saturated rings. The Bertz CT molecular complexity index is 481. The monoisotopic (exact) mass is 234 g/mol. The Morgan fingerprint density at radius 2 is 2.18 bits per heavy atom. The first-order valence-corrected chi connectivity index (χ1v) is 4.93. The SMILES string of the molecule is O=[N+]([O-])c1cnc(NCCn2cccn2)nc1. The largest absolute Gasteiger partial charge is 0.352 e. The highest BCUT2D eigenvalue weighted by molar-refractivity contribution is 5.30. The second-order valence-electron chi connectivity index (χ2n) is 3.22. The van der Waals surface area contributed by atoms with E-state index in [0.29, 0.717) is 19.0 Å². The summed E-state index contributed by atoms with van der Waals surface area (Å²) in [7, 11) is 0. The summed E-state index contributed by atoms with van der Waals surface area (Å²) in [5, 5.41) is 17.3. The quantitative estimate of drug-likeness (QED) is 0.603.